The quantitative estimate of drug-likeness (QED) is 0.925. The van der Waals surface area contributed by atoms with Crippen molar-refractivity contribution in [1.29, 1.82) is 0 Å². The third-order valence-corrected chi connectivity index (χ3v) is 2.36. The summed E-state index contributed by atoms with van der Waals surface area (Å²) in [6, 6.07) is 4.13. The van der Waals surface area contributed by atoms with E-state index in [-0.39, 0.29) is 18.6 Å². The third kappa shape index (κ3) is 4.18. The van der Waals surface area contributed by atoms with Gasteiger partial charge in [-0.15, -0.1) is 0 Å². The largest absolute Gasteiger partial charge is 0.482 e. The molecule has 0 heterocycles. The van der Waals surface area contributed by atoms with E-state index in [0.29, 0.717) is 10.2 Å². The fourth-order valence-corrected chi connectivity index (χ4v) is 1.46. The molecule has 88 valence electrons. The number of halogens is 2. The summed E-state index contributed by atoms with van der Waals surface area (Å²) >= 11 is 3.21. The van der Waals surface area contributed by atoms with Crippen LogP contribution in [0, 0.1) is 5.82 Å². The number of ether oxygens (including phenoxy) is 1. The third-order valence-electron chi connectivity index (χ3n) is 1.70. The minimum absolute atomic E-state index is 0.0621. The first kappa shape index (κ1) is 13.0. The van der Waals surface area contributed by atoms with E-state index >= 15 is 0 Å². The van der Waals surface area contributed by atoms with Crippen molar-refractivity contribution in [2.24, 2.45) is 0 Å². The van der Waals surface area contributed by atoms with Crippen LogP contribution in [0.4, 0.5) is 4.39 Å². The van der Waals surface area contributed by atoms with Crippen LogP contribution in [0.1, 0.15) is 13.8 Å². The normalized spacial score (nSPS) is 10.3. The van der Waals surface area contributed by atoms with Crippen LogP contribution < -0.4 is 10.1 Å². The van der Waals surface area contributed by atoms with Gasteiger partial charge in [0.2, 0.25) is 0 Å². The molecule has 0 radical (unpaired) electrons. The number of benzene rings is 1. The second-order valence-electron chi connectivity index (χ2n) is 3.59. The molecule has 5 heteroatoms. The van der Waals surface area contributed by atoms with Crippen molar-refractivity contribution in [3.05, 3.63) is 28.5 Å². The SMILES string of the molecule is CC(C)NC(=O)COc1cc(F)ccc1Br. The summed E-state index contributed by atoms with van der Waals surface area (Å²) in [6.45, 7) is 3.59. The highest BCUT2D eigenvalue weighted by molar-refractivity contribution is 9.10. The predicted molar refractivity (Wildman–Crippen MR) is 62.9 cm³/mol. The zero-order valence-corrected chi connectivity index (χ0v) is 10.7. The van der Waals surface area contributed by atoms with Crippen molar-refractivity contribution in [2.75, 3.05) is 6.61 Å². The highest BCUT2D eigenvalue weighted by Gasteiger charge is 2.07. The van der Waals surface area contributed by atoms with Gasteiger partial charge in [0, 0.05) is 12.1 Å². The van der Waals surface area contributed by atoms with E-state index < -0.39 is 5.82 Å². The van der Waals surface area contributed by atoms with Crippen molar-refractivity contribution in [3.63, 3.8) is 0 Å². The first-order chi connectivity index (χ1) is 7.49. The van der Waals surface area contributed by atoms with Crippen molar-refractivity contribution >= 4 is 21.8 Å². The van der Waals surface area contributed by atoms with Crippen LogP contribution in [-0.2, 0) is 4.79 Å². The standard InChI is InChI=1S/C11H13BrFNO2/c1-7(2)14-11(15)6-16-10-5-8(13)3-4-9(10)12/h3-5,7H,6H2,1-2H3,(H,14,15). The lowest BCUT2D eigenvalue weighted by molar-refractivity contribution is -0.123. The molecule has 0 saturated carbocycles. The van der Waals surface area contributed by atoms with Crippen molar-refractivity contribution in [1.82, 2.24) is 5.32 Å². The number of hydrogen-bond donors (Lipinski definition) is 1. The smallest absolute Gasteiger partial charge is 0.258 e. The molecule has 0 aliphatic heterocycles. The van der Waals surface area contributed by atoms with Crippen molar-refractivity contribution < 1.29 is 13.9 Å². The molecule has 0 aromatic heterocycles. The molecule has 1 amide bonds. The molecule has 0 fully saturated rings. The van der Waals surface area contributed by atoms with Crippen molar-refractivity contribution in [3.8, 4) is 5.75 Å². The Morgan fingerprint density at radius 3 is 2.88 bits per heavy atom. The molecule has 0 aliphatic carbocycles. The van der Waals surface area contributed by atoms with E-state index in [1.165, 1.54) is 18.2 Å². The molecule has 0 saturated heterocycles. The summed E-state index contributed by atoms with van der Waals surface area (Å²) in [5.74, 6) is -0.312. The molecule has 0 atom stereocenters. The lowest BCUT2D eigenvalue weighted by Gasteiger charge is -2.10. The van der Waals surface area contributed by atoms with Crippen LogP contribution in [0.15, 0.2) is 22.7 Å². The first-order valence-corrected chi connectivity index (χ1v) is 5.65. The topological polar surface area (TPSA) is 38.3 Å². The molecule has 0 bridgehead atoms. The lowest BCUT2D eigenvalue weighted by atomic mass is 10.3. The molecule has 16 heavy (non-hydrogen) atoms. The number of amides is 1. The molecule has 1 N–H and O–H groups in total. The van der Waals surface area contributed by atoms with Crippen molar-refractivity contribution in [2.45, 2.75) is 19.9 Å². The van der Waals surface area contributed by atoms with Gasteiger partial charge in [0.1, 0.15) is 11.6 Å². The second-order valence-corrected chi connectivity index (χ2v) is 4.44. The van der Waals surface area contributed by atoms with Gasteiger partial charge in [0.25, 0.3) is 5.91 Å². The molecule has 1 aromatic rings. The summed E-state index contributed by atoms with van der Waals surface area (Å²) in [7, 11) is 0. The van der Waals surface area contributed by atoms with Gasteiger partial charge >= 0.3 is 0 Å². The minimum atomic E-state index is -0.400. The van der Waals surface area contributed by atoms with E-state index in [4.69, 9.17) is 4.74 Å². The molecular formula is C11H13BrFNO2. The fourth-order valence-electron chi connectivity index (χ4n) is 1.09. The Morgan fingerprint density at radius 2 is 2.25 bits per heavy atom. The Balaban J connectivity index is 2.54. The lowest BCUT2D eigenvalue weighted by Crippen LogP contribution is -2.34. The van der Waals surface area contributed by atoms with E-state index in [1.54, 1.807) is 0 Å². The maximum atomic E-state index is 12.9. The van der Waals surface area contributed by atoms with Gasteiger partial charge in [-0.3, -0.25) is 4.79 Å². The Morgan fingerprint density at radius 1 is 1.56 bits per heavy atom. The summed E-state index contributed by atoms with van der Waals surface area (Å²) < 4.78 is 18.7. The van der Waals surface area contributed by atoms with Gasteiger partial charge in [-0.1, -0.05) is 0 Å². The van der Waals surface area contributed by atoms with Crippen LogP contribution in [0.5, 0.6) is 5.75 Å². The van der Waals surface area contributed by atoms with E-state index in [9.17, 15) is 9.18 Å². The highest BCUT2D eigenvalue weighted by Crippen LogP contribution is 2.25. The number of rotatable bonds is 4. The maximum Gasteiger partial charge on any atom is 0.258 e. The van der Waals surface area contributed by atoms with Gasteiger partial charge in [-0.25, -0.2) is 4.39 Å². The summed E-state index contributed by atoms with van der Waals surface area (Å²) in [5, 5.41) is 2.67. The van der Waals surface area contributed by atoms with Gasteiger partial charge < -0.3 is 10.1 Å². The summed E-state index contributed by atoms with van der Waals surface area (Å²) in [4.78, 5) is 11.3. The molecule has 3 nitrogen and oxygen atoms in total. The molecule has 1 aromatic carbocycles. The molecule has 1 rings (SSSR count). The zero-order valence-electron chi connectivity index (χ0n) is 9.09. The Bertz CT molecular complexity index is 382. The molecular weight excluding hydrogens is 277 g/mol. The average molecular weight is 290 g/mol. The van der Waals surface area contributed by atoms with E-state index in [0.717, 1.165) is 0 Å². The van der Waals surface area contributed by atoms with E-state index in [1.807, 2.05) is 13.8 Å². The van der Waals surface area contributed by atoms with Gasteiger partial charge in [0.05, 0.1) is 4.47 Å². The van der Waals surface area contributed by atoms with Crippen LogP contribution in [0.3, 0.4) is 0 Å². The first-order valence-electron chi connectivity index (χ1n) is 4.86. The minimum Gasteiger partial charge on any atom is -0.482 e. The van der Waals surface area contributed by atoms with Gasteiger partial charge in [0.15, 0.2) is 6.61 Å². The zero-order chi connectivity index (χ0) is 12.1. The maximum absolute atomic E-state index is 12.9. The van der Waals surface area contributed by atoms with Crippen LogP contribution in [-0.4, -0.2) is 18.6 Å². The van der Waals surface area contributed by atoms with Gasteiger partial charge in [-0.05, 0) is 41.9 Å². The van der Waals surface area contributed by atoms with E-state index in [2.05, 4.69) is 21.2 Å². The van der Waals surface area contributed by atoms with Crippen LogP contribution in [0.2, 0.25) is 0 Å². The number of nitrogens with one attached hydrogen (secondary N) is 1. The monoisotopic (exact) mass is 289 g/mol. The Hall–Kier alpha value is -1.10. The predicted octanol–water partition coefficient (Wildman–Crippen LogP) is 2.49. The summed E-state index contributed by atoms with van der Waals surface area (Å²) in [6.07, 6.45) is 0. The number of carbonyl (C=O) groups excluding carboxylic acids is 1. The van der Waals surface area contributed by atoms with Gasteiger partial charge in [-0.2, -0.15) is 0 Å². The Labute approximate surface area is 102 Å². The van der Waals surface area contributed by atoms with Crippen LogP contribution >= 0.6 is 15.9 Å². The molecule has 0 spiro atoms. The highest BCUT2D eigenvalue weighted by atomic mass is 79.9. The summed E-state index contributed by atoms with van der Waals surface area (Å²) in [5.41, 5.74) is 0. The molecule has 0 unspecified atom stereocenters. The number of carbonyl (C=O) groups is 1. The Kier molecular flexibility index (Phi) is 4.73. The fraction of sp³-hybridized carbons (Fsp3) is 0.364. The average Bonchev–Trinajstić information content (AvgIpc) is 2.18. The van der Waals surface area contributed by atoms with Crippen LogP contribution in [0.25, 0.3) is 0 Å². The second kappa shape index (κ2) is 5.84. The number of hydrogen-bond acceptors (Lipinski definition) is 2. The molecule has 0 aliphatic rings.